The second kappa shape index (κ2) is 15.1. The van der Waals surface area contributed by atoms with Crippen LogP contribution in [0.3, 0.4) is 0 Å². The molecule has 3 unspecified atom stereocenters. The van der Waals surface area contributed by atoms with Gasteiger partial charge in [-0.15, -0.1) is 0 Å². The van der Waals surface area contributed by atoms with Crippen LogP contribution in [-0.4, -0.2) is 62.5 Å². The van der Waals surface area contributed by atoms with E-state index in [1.165, 1.54) is 0 Å². The van der Waals surface area contributed by atoms with E-state index in [1.54, 1.807) is 0 Å². The SMILES string of the molecule is [2H][C@]12C[C@@H](NCCCNCCCCN)CC[C@]1(C)C1CC[C@@]3(C)C(CC[C@@H]3[C@H](C)CC[C@@H](OS(=O)(=O)O)C(C)C)C1[C@H](O)C2. The summed E-state index contributed by atoms with van der Waals surface area (Å²) in [5.74, 6) is 1.44. The van der Waals surface area contributed by atoms with E-state index in [-0.39, 0.29) is 22.7 Å². The zero-order chi connectivity index (χ0) is 32.3. The third-order valence-corrected chi connectivity index (χ3v) is 13.3. The summed E-state index contributed by atoms with van der Waals surface area (Å²) in [4.78, 5) is 0. The fourth-order valence-electron chi connectivity index (χ4n) is 10.4. The lowest BCUT2D eigenvalue weighted by atomic mass is 9.43. The molecule has 4 aliphatic rings. The van der Waals surface area contributed by atoms with Crippen LogP contribution in [-0.2, 0) is 14.6 Å². The van der Waals surface area contributed by atoms with E-state index < -0.39 is 28.5 Å². The summed E-state index contributed by atoms with van der Waals surface area (Å²) in [6.45, 7) is 14.8. The molecule has 0 aromatic carbocycles. The molecular weight excluding hydrogens is 562 g/mol. The number of aliphatic hydroxyl groups excluding tert-OH is 1. The molecule has 0 amide bonds. The summed E-state index contributed by atoms with van der Waals surface area (Å²) in [6.07, 6.45) is 11.9. The lowest BCUT2D eigenvalue weighted by molar-refractivity contribution is -0.167. The molecule has 0 saturated heterocycles. The molecule has 8 nitrogen and oxygen atoms in total. The van der Waals surface area contributed by atoms with Crippen molar-refractivity contribution in [3.05, 3.63) is 0 Å². The number of rotatable bonds is 16. The smallest absolute Gasteiger partial charge is 0.393 e. The molecule has 11 atom stereocenters. The van der Waals surface area contributed by atoms with Gasteiger partial charge in [0.15, 0.2) is 0 Å². The maximum absolute atomic E-state index is 11.8. The van der Waals surface area contributed by atoms with Crippen molar-refractivity contribution in [1.29, 1.82) is 0 Å². The van der Waals surface area contributed by atoms with Crippen LogP contribution in [0.4, 0.5) is 0 Å². The van der Waals surface area contributed by atoms with E-state index in [9.17, 15) is 19.4 Å². The Bertz CT molecular complexity index is 1030. The first-order valence-electron chi connectivity index (χ1n) is 18.1. The highest BCUT2D eigenvalue weighted by molar-refractivity contribution is 7.80. The first-order valence-corrected chi connectivity index (χ1v) is 19.0. The molecule has 0 aromatic rings. The summed E-state index contributed by atoms with van der Waals surface area (Å²) in [5, 5.41) is 19.1. The normalized spacial score (nSPS) is 41.3. The van der Waals surface area contributed by atoms with E-state index in [0.29, 0.717) is 42.6 Å². The minimum atomic E-state index is -4.47. The predicted octanol–water partition coefficient (Wildman–Crippen LogP) is 5.55. The van der Waals surface area contributed by atoms with Crippen LogP contribution in [0.2, 0.25) is 0 Å². The highest BCUT2D eigenvalue weighted by Gasteiger charge is 2.62. The largest absolute Gasteiger partial charge is 0.397 e. The minimum absolute atomic E-state index is 0.00591. The molecule has 252 valence electrons. The molecule has 0 aromatic heterocycles. The standard InChI is InChI=1S/C34H65N3O5S/c1-23(2)31(42-43(39,40)41)12-9-24(3)27-10-11-28-32-29(14-16-34(27,28)5)33(4)15-13-26(21-25(33)22-30(32)38)37-20-8-19-36-18-7-6-17-35/h23-32,36-38H,6-22,35H2,1-5H3,(H,39,40,41)/t24-,25-,26+,27-,28?,29?,30-,31-,32?,33+,34-/m1/s1/i25D. The highest BCUT2D eigenvalue weighted by atomic mass is 32.3. The average molecular weight is 629 g/mol. The number of nitrogens with one attached hydrogen (secondary N) is 2. The Labute approximate surface area is 264 Å². The van der Waals surface area contributed by atoms with Gasteiger partial charge in [-0.1, -0.05) is 34.6 Å². The van der Waals surface area contributed by atoms with E-state index in [2.05, 4.69) is 31.4 Å². The molecule has 0 heterocycles. The van der Waals surface area contributed by atoms with Crippen LogP contribution in [0.25, 0.3) is 0 Å². The Morgan fingerprint density at radius 3 is 2.35 bits per heavy atom. The zero-order valence-electron chi connectivity index (χ0n) is 28.8. The molecule has 4 fully saturated rings. The Balaban J connectivity index is 1.35. The van der Waals surface area contributed by atoms with Crippen LogP contribution in [0.1, 0.15) is 119 Å². The van der Waals surface area contributed by atoms with Gasteiger partial charge in [-0.2, -0.15) is 8.42 Å². The van der Waals surface area contributed by atoms with Gasteiger partial charge in [-0.3, -0.25) is 4.55 Å². The van der Waals surface area contributed by atoms with Crippen molar-refractivity contribution >= 4 is 10.4 Å². The molecule has 9 heteroatoms. The van der Waals surface area contributed by atoms with Crippen molar-refractivity contribution in [1.82, 2.24) is 10.6 Å². The summed E-state index contributed by atoms with van der Waals surface area (Å²) < 4.78 is 46.9. The molecule has 0 bridgehead atoms. The van der Waals surface area contributed by atoms with Crippen molar-refractivity contribution in [3.8, 4) is 0 Å². The lowest BCUT2D eigenvalue weighted by Crippen LogP contribution is -2.59. The topological polar surface area (TPSA) is 134 Å². The summed E-state index contributed by atoms with van der Waals surface area (Å²) >= 11 is 0. The number of nitrogens with two attached hydrogens (primary N) is 1. The Kier molecular flexibility index (Phi) is 11.9. The molecule has 6 N–H and O–H groups in total. The number of unbranched alkanes of at least 4 members (excludes halogenated alkanes) is 1. The molecular formula is C34H65N3O5S. The van der Waals surface area contributed by atoms with E-state index in [0.717, 1.165) is 96.8 Å². The van der Waals surface area contributed by atoms with Crippen LogP contribution in [0.15, 0.2) is 0 Å². The molecule has 4 rings (SSSR count). The van der Waals surface area contributed by atoms with Crippen molar-refractivity contribution < 1.29 is 23.6 Å². The number of aliphatic hydroxyl groups is 1. The second-order valence-corrected chi connectivity index (χ2v) is 16.7. The molecule has 4 aliphatic carbocycles. The van der Waals surface area contributed by atoms with Gasteiger partial charge in [0, 0.05) is 7.41 Å². The van der Waals surface area contributed by atoms with Gasteiger partial charge in [0.25, 0.3) is 0 Å². The van der Waals surface area contributed by atoms with Gasteiger partial charge in [-0.25, -0.2) is 4.18 Å². The van der Waals surface area contributed by atoms with Gasteiger partial charge in [-0.05, 0) is 162 Å². The third-order valence-electron chi connectivity index (χ3n) is 12.8. The fraction of sp³-hybridized carbons (Fsp3) is 1.00. The quantitative estimate of drug-likeness (QED) is 0.111. The Morgan fingerprint density at radius 2 is 1.65 bits per heavy atom. The fourth-order valence-corrected chi connectivity index (χ4v) is 11.0. The van der Waals surface area contributed by atoms with Crippen LogP contribution in [0.5, 0.6) is 0 Å². The van der Waals surface area contributed by atoms with E-state index in [1.807, 2.05) is 13.8 Å². The predicted molar refractivity (Wildman–Crippen MR) is 174 cm³/mol. The van der Waals surface area contributed by atoms with Gasteiger partial charge >= 0.3 is 10.4 Å². The van der Waals surface area contributed by atoms with Gasteiger partial charge in [0.2, 0.25) is 0 Å². The Morgan fingerprint density at radius 1 is 0.953 bits per heavy atom. The summed E-state index contributed by atoms with van der Waals surface area (Å²) in [6, 6.07) is 0.353. The monoisotopic (exact) mass is 628 g/mol. The first-order chi connectivity index (χ1) is 20.6. The van der Waals surface area contributed by atoms with E-state index in [4.69, 9.17) is 9.92 Å². The molecule has 0 radical (unpaired) electrons. The van der Waals surface area contributed by atoms with E-state index >= 15 is 0 Å². The number of hydrogen-bond donors (Lipinski definition) is 5. The molecule has 0 spiro atoms. The zero-order valence-corrected chi connectivity index (χ0v) is 28.6. The van der Waals surface area contributed by atoms with Crippen LogP contribution >= 0.6 is 0 Å². The number of hydrogen-bond acceptors (Lipinski definition) is 7. The van der Waals surface area contributed by atoms with Gasteiger partial charge < -0.3 is 21.5 Å². The summed E-state index contributed by atoms with van der Waals surface area (Å²) in [7, 11) is -4.47. The number of fused-ring (bicyclic) bond motifs is 5. The van der Waals surface area contributed by atoms with Crippen molar-refractivity contribution in [2.75, 3.05) is 26.2 Å². The van der Waals surface area contributed by atoms with Gasteiger partial charge in [0.05, 0.1) is 12.2 Å². The van der Waals surface area contributed by atoms with Gasteiger partial charge in [0.1, 0.15) is 0 Å². The lowest BCUT2D eigenvalue weighted by Gasteiger charge is -2.62. The molecule has 0 aliphatic heterocycles. The highest BCUT2D eigenvalue weighted by Crippen LogP contribution is 2.68. The third kappa shape index (κ3) is 8.36. The first kappa shape index (κ1) is 34.1. The molecule has 4 saturated carbocycles. The Hall–Kier alpha value is -0.290. The maximum Gasteiger partial charge on any atom is 0.397 e. The summed E-state index contributed by atoms with van der Waals surface area (Å²) in [5.41, 5.74) is 5.66. The van der Waals surface area contributed by atoms with Crippen LogP contribution < -0.4 is 16.4 Å². The average Bonchev–Trinajstić information content (AvgIpc) is 3.29. The molecule has 43 heavy (non-hydrogen) atoms. The van der Waals surface area contributed by atoms with Crippen LogP contribution in [0, 0.1) is 52.2 Å². The minimum Gasteiger partial charge on any atom is -0.393 e. The van der Waals surface area contributed by atoms with Crippen molar-refractivity contribution in [2.24, 2.45) is 58.0 Å². The van der Waals surface area contributed by atoms with Crippen molar-refractivity contribution in [2.45, 2.75) is 136 Å². The van der Waals surface area contributed by atoms with Crippen molar-refractivity contribution in [3.63, 3.8) is 0 Å². The maximum atomic E-state index is 11.8. The second-order valence-electron chi connectivity index (χ2n) is 15.7.